The number of amides is 1. The summed E-state index contributed by atoms with van der Waals surface area (Å²) in [4.78, 5) is 23.7. The van der Waals surface area contributed by atoms with Crippen molar-refractivity contribution in [1.29, 1.82) is 0 Å². The Morgan fingerprint density at radius 2 is 2.03 bits per heavy atom. The van der Waals surface area contributed by atoms with Crippen LogP contribution in [0.1, 0.15) is 23.7 Å². The Balaban J connectivity index is 1.35. The molecule has 2 aromatic carbocycles. The lowest BCUT2D eigenvalue weighted by Crippen LogP contribution is -2.40. The monoisotopic (exact) mass is 511 g/mol. The molecule has 11 heteroatoms. The smallest absolute Gasteiger partial charge is 0.416 e. The SMILES string of the molecule is CC1Cc2c(ncnc2Oc2ccc3c(ccn3C(=O)Nc3cccc(C(F)(F)F)c3)c2)CN1CCO. The predicted octanol–water partition coefficient (Wildman–Crippen LogP) is 5.06. The van der Waals surface area contributed by atoms with Gasteiger partial charge in [0.05, 0.1) is 23.4 Å². The molecule has 1 unspecified atom stereocenters. The number of aliphatic hydroxyl groups is 1. The molecule has 0 radical (unpaired) electrons. The minimum Gasteiger partial charge on any atom is -0.439 e. The highest BCUT2D eigenvalue weighted by Crippen LogP contribution is 2.33. The van der Waals surface area contributed by atoms with Gasteiger partial charge >= 0.3 is 12.2 Å². The number of β-amino-alcohol motifs (C(OH)–C–C–N with tert-alkyl or cyclic N) is 1. The van der Waals surface area contributed by atoms with Crippen LogP contribution < -0.4 is 10.1 Å². The summed E-state index contributed by atoms with van der Waals surface area (Å²) in [6.45, 7) is 3.31. The van der Waals surface area contributed by atoms with E-state index in [9.17, 15) is 23.1 Å². The summed E-state index contributed by atoms with van der Waals surface area (Å²) in [5.41, 5.74) is 1.54. The van der Waals surface area contributed by atoms with Crippen molar-refractivity contribution in [1.82, 2.24) is 19.4 Å². The highest BCUT2D eigenvalue weighted by atomic mass is 19.4. The van der Waals surface area contributed by atoms with Crippen molar-refractivity contribution in [3.63, 3.8) is 0 Å². The maximum atomic E-state index is 13.0. The van der Waals surface area contributed by atoms with E-state index in [-0.39, 0.29) is 18.3 Å². The number of carbonyl (C=O) groups excluding carboxylic acids is 1. The second-order valence-electron chi connectivity index (χ2n) is 8.87. The number of fused-ring (bicyclic) bond motifs is 2. The second kappa shape index (κ2) is 9.83. The zero-order valence-corrected chi connectivity index (χ0v) is 19.9. The van der Waals surface area contributed by atoms with Gasteiger partial charge in [0.1, 0.15) is 12.1 Å². The van der Waals surface area contributed by atoms with Crippen LogP contribution in [0.2, 0.25) is 0 Å². The van der Waals surface area contributed by atoms with E-state index in [2.05, 4.69) is 27.1 Å². The van der Waals surface area contributed by atoms with Crippen molar-refractivity contribution >= 4 is 22.6 Å². The Morgan fingerprint density at radius 3 is 2.81 bits per heavy atom. The number of anilines is 1. The number of carbonyl (C=O) groups is 1. The lowest BCUT2D eigenvalue weighted by Gasteiger charge is -2.33. The molecule has 3 heterocycles. The number of ether oxygens (including phenoxy) is 1. The van der Waals surface area contributed by atoms with Crippen LogP contribution in [-0.4, -0.2) is 49.8 Å². The second-order valence-corrected chi connectivity index (χ2v) is 8.87. The Bertz CT molecular complexity index is 1450. The Morgan fingerprint density at radius 1 is 1.19 bits per heavy atom. The number of alkyl halides is 3. The number of benzene rings is 2. The largest absolute Gasteiger partial charge is 0.439 e. The van der Waals surface area contributed by atoms with Gasteiger partial charge in [-0.1, -0.05) is 6.07 Å². The molecule has 0 spiro atoms. The summed E-state index contributed by atoms with van der Waals surface area (Å²) in [7, 11) is 0. The summed E-state index contributed by atoms with van der Waals surface area (Å²) in [6.07, 6.45) is -0.827. The van der Waals surface area contributed by atoms with E-state index in [0.29, 0.717) is 42.0 Å². The molecule has 1 atom stereocenters. The van der Waals surface area contributed by atoms with Crippen LogP contribution in [0, 0.1) is 0 Å². The first-order valence-corrected chi connectivity index (χ1v) is 11.7. The normalized spacial score (nSPS) is 16.0. The van der Waals surface area contributed by atoms with Crippen LogP contribution in [0.5, 0.6) is 11.6 Å². The van der Waals surface area contributed by atoms with Gasteiger partial charge in [0, 0.05) is 42.0 Å². The molecule has 0 fully saturated rings. The summed E-state index contributed by atoms with van der Waals surface area (Å²) in [5, 5.41) is 12.5. The molecule has 2 aromatic heterocycles. The number of aromatic nitrogens is 3. The lowest BCUT2D eigenvalue weighted by atomic mass is 9.99. The van der Waals surface area contributed by atoms with Crippen molar-refractivity contribution in [2.45, 2.75) is 32.1 Å². The summed E-state index contributed by atoms with van der Waals surface area (Å²) >= 11 is 0. The van der Waals surface area contributed by atoms with Gasteiger partial charge in [0.15, 0.2) is 0 Å². The van der Waals surface area contributed by atoms with Gasteiger partial charge in [-0.05, 0) is 55.8 Å². The van der Waals surface area contributed by atoms with Crippen molar-refractivity contribution in [3.8, 4) is 11.6 Å². The standard InChI is InChI=1S/C26H24F3N5O3/c1-16-11-21-22(14-33(16)9-10-35)30-15-31-24(21)37-20-5-6-23-17(12-20)7-8-34(23)25(36)32-19-4-2-3-18(13-19)26(27,28)29/h2-8,12-13,15-16,35H,9-11,14H2,1H3,(H,32,36). The molecular formula is C26H24F3N5O3. The summed E-state index contributed by atoms with van der Waals surface area (Å²) < 4.78 is 46.4. The van der Waals surface area contributed by atoms with Crippen molar-refractivity contribution in [2.24, 2.45) is 0 Å². The minimum absolute atomic E-state index is 0.0435. The molecule has 0 saturated carbocycles. The van der Waals surface area contributed by atoms with Gasteiger partial charge in [-0.2, -0.15) is 13.2 Å². The number of rotatable bonds is 5. The van der Waals surface area contributed by atoms with Crippen LogP contribution >= 0.6 is 0 Å². The number of halogens is 3. The van der Waals surface area contributed by atoms with Crippen LogP contribution in [0.15, 0.2) is 61.1 Å². The maximum Gasteiger partial charge on any atom is 0.416 e. The molecule has 4 aromatic rings. The zero-order chi connectivity index (χ0) is 26.2. The van der Waals surface area contributed by atoms with E-state index in [1.807, 2.05) is 0 Å². The fourth-order valence-corrected chi connectivity index (χ4v) is 4.49. The highest BCUT2D eigenvalue weighted by molar-refractivity contribution is 5.98. The fourth-order valence-electron chi connectivity index (χ4n) is 4.49. The van der Waals surface area contributed by atoms with Gasteiger partial charge < -0.3 is 15.2 Å². The van der Waals surface area contributed by atoms with Crippen molar-refractivity contribution in [3.05, 3.63) is 77.9 Å². The number of hydrogen-bond donors (Lipinski definition) is 2. The maximum absolute atomic E-state index is 13.0. The molecular weight excluding hydrogens is 487 g/mol. The lowest BCUT2D eigenvalue weighted by molar-refractivity contribution is -0.137. The zero-order valence-electron chi connectivity index (χ0n) is 19.9. The fraction of sp³-hybridized carbons (Fsp3) is 0.269. The molecule has 0 bridgehead atoms. The van der Waals surface area contributed by atoms with Gasteiger partial charge in [0.25, 0.3) is 0 Å². The molecule has 2 N–H and O–H groups in total. The average molecular weight is 512 g/mol. The molecule has 0 aliphatic carbocycles. The van der Waals surface area contributed by atoms with E-state index >= 15 is 0 Å². The molecule has 192 valence electrons. The third kappa shape index (κ3) is 5.13. The van der Waals surface area contributed by atoms with Crippen LogP contribution in [-0.2, 0) is 19.1 Å². The number of nitrogens with one attached hydrogen (secondary N) is 1. The summed E-state index contributed by atoms with van der Waals surface area (Å²) in [6, 6.07) is 11.0. The molecule has 0 saturated heterocycles. The predicted molar refractivity (Wildman–Crippen MR) is 131 cm³/mol. The van der Waals surface area contributed by atoms with Crippen LogP contribution in [0.3, 0.4) is 0 Å². The quantitative estimate of drug-likeness (QED) is 0.389. The topological polar surface area (TPSA) is 92.5 Å². The average Bonchev–Trinajstić information content (AvgIpc) is 3.28. The van der Waals surface area contributed by atoms with Crippen molar-refractivity contribution in [2.75, 3.05) is 18.5 Å². The molecule has 8 nitrogen and oxygen atoms in total. The third-order valence-corrected chi connectivity index (χ3v) is 6.39. The molecule has 1 amide bonds. The Labute approximate surface area is 210 Å². The first-order valence-electron chi connectivity index (χ1n) is 11.7. The van der Waals surface area contributed by atoms with Gasteiger partial charge in [-0.25, -0.2) is 14.8 Å². The molecule has 1 aliphatic rings. The van der Waals surface area contributed by atoms with Gasteiger partial charge in [-0.15, -0.1) is 0 Å². The summed E-state index contributed by atoms with van der Waals surface area (Å²) in [5.74, 6) is 0.983. The first kappa shape index (κ1) is 24.7. The van der Waals surface area contributed by atoms with E-state index < -0.39 is 17.8 Å². The van der Waals surface area contributed by atoms with Gasteiger partial charge in [0.2, 0.25) is 5.88 Å². The Hall–Kier alpha value is -3.96. The van der Waals surface area contributed by atoms with Crippen LogP contribution in [0.4, 0.5) is 23.7 Å². The first-order chi connectivity index (χ1) is 17.7. The van der Waals surface area contributed by atoms with Crippen molar-refractivity contribution < 1.29 is 27.8 Å². The van der Waals surface area contributed by atoms with E-state index in [0.717, 1.165) is 23.4 Å². The van der Waals surface area contributed by atoms with Crippen LogP contribution in [0.25, 0.3) is 10.9 Å². The molecule has 1 aliphatic heterocycles. The minimum atomic E-state index is -4.50. The third-order valence-electron chi connectivity index (χ3n) is 6.39. The van der Waals surface area contributed by atoms with Gasteiger partial charge in [-0.3, -0.25) is 9.47 Å². The van der Waals surface area contributed by atoms with E-state index in [1.165, 1.54) is 23.0 Å². The number of nitrogens with zero attached hydrogens (tertiary/aromatic N) is 4. The number of hydrogen-bond acceptors (Lipinski definition) is 6. The van der Waals surface area contributed by atoms with E-state index in [4.69, 9.17) is 4.74 Å². The Kier molecular flexibility index (Phi) is 6.57. The molecule has 5 rings (SSSR count). The highest BCUT2D eigenvalue weighted by Gasteiger charge is 2.30. The number of aliphatic hydroxyl groups excluding tert-OH is 1. The van der Waals surface area contributed by atoms with E-state index in [1.54, 1.807) is 30.5 Å². The molecule has 37 heavy (non-hydrogen) atoms.